The zero-order valence-electron chi connectivity index (χ0n) is 9.78. The summed E-state index contributed by atoms with van der Waals surface area (Å²) in [7, 11) is 0. The van der Waals surface area contributed by atoms with Gasteiger partial charge in [0.05, 0.1) is 0 Å². The Kier molecular flexibility index (Phi) is 2.67. The van der Waals surface area contributed by atoms with Gasteiger partial charge in [0.25, 0.3) is 5.91 Å². The number of hydrogen-bond acceptors (Lipinski definition) is 2. The Balaban J connectivity index is 1.98. The Morgan fingerprint density at radius 2 is 1.68 bits per heavy atom. The van der Waals surface area contributed by atoms with E-state index < -0.39 is 17.7 Å². The van der Waals surface area contributed by atoms with Crippen molar-refractivity contribution in [3.05, 3.63) is 59.7 Å². The van der Waals surface area contributed by atoms with Gasteiger partial charge in [-0.2, -0.15) is 0 Å². The molecule has 1 atom stereocenters. The highest BCUT2D eigenvalue weighted by atomic mass is 19.1. The molecule has 0 radical (unpaired) electrons. The topological polar surface area (TPSA) is 41.1 Å². The van der Waals surface area contributed by atoms with Gasteiger partial charge in [-0.05, 0) is 18.2 Å². The number of carbonyl (C=O) groups is 1. The van der Waals surface area contributed by atoms with Crippen LogP contribution in [0.1, 0.15) is 11.6 Å². The lowest BCUT2D eigenvalue weighted by Crippen LogP contribution is -2.20. The second kappa shape index (κ2) is 4.35. The number of rotatable bonds is 2. The summed E-state index contributed by atoms with van der Waals surface area (Å²) in [6.07, 6.45) is 0. The number of carbonyl (C=O) groups excluding carboxylic acids is 1. The molecule has 0 fully saturated rings. The average molecular weight is 260 g/mol. The summed E-state index contributed by atoms with van der Waals surface area (Å²) in [5.41, 5.74) is 1.04. The van der Waals surface area contributed by atoms with Crippen LogP contribution < -0.4 is 10.6 Å². The fourth-order valence-electron chi connectivity index (χ4n) is 2.13. The molecule has 2 aromatic rings. The van der Waals surface area contributed by atoms with Crippen molar-refractivity contribution in [3.63, 3.8) is 0 Å². The van der Waals surface area contributed by atoms with Gasteiger partial charge in [0.1, 0.15) is 23.4 Å². The quantitative estimate of drug-likeness (QED) is 0.871. The van der Waals surface area contributed by atoms with Gasteiger partial charge >= 0.3 is 0 Å². The largest absolute Gasteiger partial charge is 0.365 e. The zero-order chi connectivity index (χ0) is 13.4. The molecule has 2 N–H and O–H groups in total. The molecule has 1 unspecified atom stereocenters. The molecule has 0 aromatic heterocycles. The molecule has 0 bridgehead atoms. The van der Waals surface area contributed by atoms with E-state index in [1.165, 1.54) is 6.07 Å². The molecular weight excluding hydrogens is 250 g/mol. The molecule has 2 aromatic carbocycles. The summed E-state index contributed by atoms with van der Waals surface area (Å²) in [5, 5.41) is 5.28. The first-order chi connectivity index (χ1) is 9.16. The van der Waals surface area contributed by atoms with Gasteiger partial charge in [-0.1, -0.05) is 24.3 Å². The van der Waals surface area contributed by atoms with E-state index in [9.17, 15) is 13.6 Å². The highest BCUT2D eigenvalue weighted by molar-refractivity contribution is 6.04. The molecule has 0 saturated carbocycles. The molecule has 0 saturated heterocycles. The molecule has 0 aliphatic carbocycles. The predicted octanol–water partition coefficient (Wildman–Crippen LogP) is 3.07. The summed E-state index contributed by atoms with van der Waals surface area (Å²) in [6, 6.07) is 9.81. The third kappa shape index (κ3) is 1.93. The molecule has 1 heterocycles. The SMILES string of the molecule is O=C1Nc2ccccc2C1Nc1c(F)cccc1F. The van der Waals surface area contributed by atoms with Crippen LogP contribution in [0.15, 0.2) is 42.5 Å². The lowest BCUT2D eigenvalue weighted by molar-refractivity contribution is -0.116. The molecule has 1 aliphatic heterocycles. The molecule has 3 rings (SSSR count). The standard InChI is InChI=1S/C14H10F2N2O/c15-9-5-3-6-10(16)13(9)18-12-8-4-1-2-7-11(8)17-14(12)19/h1-7,12,18H,(H,17,19). The molecule has 0 spiro atoms. The molecule has 5 heteroatoms. The van der Waals surface area contributed by atoms with Gasteiger partial charge in [-0.15, -0.1) is 0 Å². The fraction of sp³-hybridized carbons (Fsp3) is 0.0714. The summed E-state index contributed by atoms with van der Waals surface area (Å²) in [4.78, 5) is 11.8. The number of halogens is 2. The molecule has 1 aliphatic rings. The van der Waals surface area contributed by atoms with Crippen molar-refractivity contribution in [1.82, 2.24) is 0 Å². The third-order valence-corrected chi connectivity index (χ3v) is 3.04. The fourth-order valence-corrected chi connectivity index (χ4v) is 2.13. The molecule has 3 nitrogen and oxygen atoms in total. The van der Waals surface area contributed by atoms with Gasteiger partial charge < -0.3 is 10.6 Å². The van der Waals surface area contributed by atoms with Crippen molar-refractivity contribution in [3.8, 4) is 0 Å². The minimum absolute atomic E-state index is 0.292. The lowest BCUT2D eigenvalue weighted by Gasteiger charge is -2.14. The van der Waals surface area contributed by atoms with Crippen molar-refractivity contribution in [2.24, 2.45) is 0 Å². The Hall–Kier alpha value is -2.43. The second-order valence-electron chi connectivity index (χ2n) is 4.25. The van der Waals surface area contributed by atoms with Crippen molar-refractivity contribution < 1.29 is 13.6 Å². The second-order valence-corrected chi connectivity index (χ2v) is 4.25. The third-order valence-electron chi connectivity index (χ3n) is 3.04. The predicted molar refractivity (Wildman–Crippen MR) is 67.8 cm³/mol. The molecular formula is C14H10F2N2O. The molecule has 19 heavy (non-hydrogen) atoms. The summed E-state index contributed by atoms with van der Waals surface area (Å²) in [5.74, 6) is -1.78. The van der Waals surface area contributed by atoms with E-state index in [0.717, 1.165) is 12.1 Å². The first-order valence-electron chi connectivity index (χ1n) is 5.77. The number of anilines is 2. The highest BCUT2D eigenvalue weighted by Gasteiger charge is 2.31. The Bertz CT molecular complexity index is 637. The monoisotopic (exact) mass is 260 g/mol. The van der Waals surface area contributed by atoms with E-state index in [1.54, 1.807) is 24.3 Å². The number of fused-ring (bicyclic) bond motifs is 1. The van der Waals surface area contributed by atoms with Crippen molar-refractivity contribution in [1.29, 1.82) is 0 Å². The minimum Gasteiger partial charge on any atom is -0.365 e. The van der Waals surface area contributed by atoms with Crippen LogP contribution in [0.2, 0.25) is 0 Å². The van der Waals surface area contributed by atoms with E-state index in [2.05, 4.69) is 10.6 Å². The van der Waals surface area contributed by atoms with Gasteiger partial charge in [-0.25, -0.2) is 8.78 Å². The molecule has 96 valence electrons. The van der Waals surface area contributed by atoms with Crippen LogP contribution in [-0.4, -0.2) is 5.91 Å². The smallest absolute Gasteiger partial charge is 0.251 e. The van der Waals surface area contributed by atoms with Gasteiger partial charge in [0, 0.05) is 11.3 Å². The van der Waals surface area contributed by atoms with Crippen LogP contribution in [0.4, 0.5) is 20.2 Å². The van der Waals surface area contributed by atoms with E-state index in [4.69, 9.17) is 0 Å². The van der Waals surface area contributed by atoms with Crippen molar-refractivity contribution in [2.45, 2.75) is 6.04 Å². The number of amides is 1. The molecule has 1 amide bonds. The number of hydrogen-bond donors (Lipinski definition) is 2. The lowest BCUT2D eigenvalue weighted by atomic mass is 10.1. The van der Waals surface area contributed by atoms with E-state index >= 15 is 0 Å². The highest BCUT2D eigenvalue weighted by Crippen LogP contribution is 2.34. The van der Waals surface area contributed by atoms with Crippen molar-refractivity contribution in [2.75, 3.05) is 10.6 Å². The Morgan fingerprint density at radius 3 is 2.42 bits per heavy atom. The maximum absolute atomic E-state index is 13.6. The van der Waals surface area contributed by atoms with E-state index in [1.807, 2.05) is 0 Å². The number of nitrogens with one attached hydrogen (secondary N) is 2. The van der Waals surface area contributed by atoms with Gasteiger partial charge in [0.2, 0.25) is 0 Å². The maximum Gasteiger partial charge on any atom is 0.251 e. The summed E-state index contributed by atoms with van der Waals surface area (Å²) >= 11 is 0. The van der Waals surface area contributed by atoms with Crippen LogP contribution >= 0.6 is 0 Å². The van der Waals surface area contributed by atoms with Crippen LogP contribution in [0, 0.1) is 11.6 Å². The van der Waals surface area contributed by atoms with Crippen molar-refractivity contribution >= 4 is 17.3 Å². The Morgan fingerprint density at radius 1 is 1.00 bits per heavy atom. The summed E-state index contributed by atoms with van der Waals surface area (Å²) < 4.78 is 27.1. The van der Waals surface area contributed by atoms with Crippen LogP contribution in [0.5, 0.6) is 0 Å². The first kappa shape index (κ1) is 11.6. The number of benzene rings is 2. The van der Waals surface area contributed by atoms with Gasteiger partial charge in [-0.3, -0.25) is 4.79 Å². The maximum atomic E-state index is 13.6. The number of para-hydroxylation sites is 2. The van der Waals surface area contributed by atoms with E-state index in [-0.39, 0.29) is 11.6 Å². The van der Waals surface area contributed by atoms with E-state index in [0.29, 0.717) is 11.3 Å². The van der Waals surface area contributed by atoms with Crippen LogP contribution in [0.3, 0.4) is 0 Å². The first-order valence-corrected chi connectivity index (χ1v) is 5.77. The Labute approximate surface area is 108 Å². The average Bonchev–Trinajstić information content (AvgIpc) is 2.70. The van der Waals surface area contributed by atoms with Gasteiger partial charge in [0.15, 0.2) is 0 Å². The van der Waals surface area contributed by atoms with Crippen LogP contribution in [0.25, 0.3) is 0 Å². The zero-order valence-corrected chi connectivity index (χ0v) is 9.78. The normalized spacial score (nSPS) is 16.9. The van der Waals surface area contributed by atoms with Crippen LogP contribution in [-0.2, 0) is 4.79 Å². The summed E-state index contributed by atoms with van der Waals surface area (Å²) in [6.45, 7) is 0. The minimum atomic E-state index is -0.789.